The van der Waals surface area contributed by atoms with Crippen LogP contribution in [0.1, 0.15) is 44.6 Å². The van der Waals surface area contributed by atoms with Gasteiger partial charge in [0.15, 0.2) is 0 Å². The van der Waals surface area contributed by atoms with Gasteiger partial charge in [-0.3, -0.25) is 0 Å². The molecule has 2 heteroatoms. The van der Waals surface area contributed by atoms with Gasteiger partial charge in [-0.2, -0.15) is 0 Å². The van der Waals surface area contributed by atoms with Crippen molar-refractivity contribution in [2.24, 2.45) is 0 Å². The molecule has 0 aliphatic heterocycles. The van der Waals surface area contributed by atoms with Crippen molar-refractivity contribution in [2.75, 3.05) is 0 Å². The van der Waals surface area contributed by atoms with E-state index in [0.29, 0.717) is 5.75 Å². The number of aromatic hydroxyl groups is 1. The van der Waals surface area contributed by atoms with Crippen molar-refractivity contribution in [3.63, 3.8) is 0 Å². The van der Waals surface area contributed by atoms with Gasteiger partial charge in [0.25, 0.3) is 0 Å². The minimum Gasteiger partial charge on any atom is -0.508 e. The number of halogens is 1. The van der Waals surface area contributed by atoms with Crippen LogP contribution < -0.4 is 0 Å². The molecule has 0 radical (unpaired) electrons. The summed E-state index contributed by atoms with van der Waals surface area (Å²) >= 11 is 3.48. The van der Waals surface area contributed by atoms with Gasteiger partial charge in [-0.15, -0.1) is 0 Å². The molecule has 1 N–H and O–H groups in total. The summed E-state index contributed by atoms with van der Waals surface area (Å²) in [5.41, 5.74) is 3.61. The van der Waals surface area contributed by atoms with E-state index >= 15 is 0 Å². The van der Waals surface area contributed by atoms with Crippen LogP contribution >= 0.6 is 15.9 Å². The van der Waals surface area contributed by atoms with E-state index in [1.54, 1.807) is 0 Å². The lowest BCUT2D eigenvalue weighted by molar-refractivity contribution is 0.308. The predicted molar refractivity (Wildman–Crippen MR) is 91.7 cm³/mol. The van der Waals surface area contributed by atoms with Gasteiger partial charge in [-0.25, -0.2) is 0 Å². The fraction of sp³-hybridized carbons (Fsp3) is 0.368. The zero-order valence-corrected chi connectivity index (χ0v) is 14.0. The maximum atomic E-state index is 10.3. The van der Waals surface area contributed by atoms with Crippen molar-refractivity contribution >= 4 is 15.9 Å². The second-order valence-electron chi connectivity index (χ2n) is 6.36. The SMILES string of the molecule is CC1(c2cc(-c3ccc(Br)cc3)ccc2O)CCCCC1. The Morgan fingerprint density at radius 3 is 2.19 bits per heavy atom. The minimum atomic E-state index is 0.119. The molecule has 1 fully saturated rings. The lowest BCUT2D eigenvalue weighted by Crippen LogP contribution is -2.25. The Kier molecular flexibility index (Phi) is 4.08. The maximum absolute atomic E-state index is 10.3. The largest absolute Gasteiger partial charge is 0.508 e. The standard InChI is InChI=1S/C19H21BrO/c1-19(11-3-2-4-12-19)17-13-15(7-10-18(17)21)14-5-8-16(20)9-6-14/h5-10,13,21H,2-4,11-12H2,1H3. The van der Waals surface area contributed by atoms with Crippen LogP contribution in [0.5, 0.6) is 5.75 Å². The second-order valence-corrected chi connectivity index (χ2v) is 7.28. The smallest absolute Gasteiger partial charge is 0.119 e. The zero-order valence-electron chi connectivity index (χ0n) is 12.4. The molecule has 2 aromatic carbocycles. The molecule has 0 spiro atoms. The number of phenolic OH excluding ortho intramolecular Hbond substituents is 1. The molecule has 0 unspecified atom stereocenters. The second kappa shape index (κ2) is 5.84. The summed E-state index contributed by atoms with van der Waals surface area (Å²) in [4.78, 5) is 0. The Labute approximate surface area is 135 Å². The average molecular weight is 345 g/mol. The fourth-order valence-electron chi connectivity index (χ4n) is 3.44. The van der Waals surface area contributed by atoms with E-state index in [0.717, 1.165) is 10.0 Å². The van der Waals surface area contributed by atoms with Gasteiger partial charge < -0.3 is 5.11 Å². The summed E-state index contributed by atoms with van der Waals surface area (Å²) in [6, 6.07) is 14.4. The quantitative estimate of drug-likeness (QED) is 0.703. The maximum Gasteiger partial charge on any atom is 0.119 e. The minimum absolute atomic E-state index is 0.119. The first-order valence-electron chi connectivity index (χ1n) is 7.68. The molecule has 1 aliphatic rings. The monoisotopic (exact) mass is 344 g/mol. The molecule has 0 heterocycles. The summed E-state index contributed by atoms with van der Waals surface area (Å²) in [6.07, 6.45) is 6.19. The number of hydrogen-bond donors (Lipinski definition) is 1. The molecule has 0 atom stereocenters. The Balaban J connectivity index is 2.01. The normalized spacial score (nSPS) is 17.6. The van der Waals surface area contributed by atoms with Crippen molar-refractivity contribution in [3.05, 3.63) is 52.5 Å². The molecule has 1 aliphatic carbocycles. The summed E-state index contributed by atoms with van der Waals surface area (Å²) < 4.78 is 1.09. The molecular formula is C19H21BrO. The summed E-state index contributed by atoms with van der Waals surface area (Å²) in [7, 11) is 0. The van der Waals surface area contributed by atoms with Crippen molar-refractivity contribution in [1.82, 2.24) is 0 Å². The number of hydrogen-bond acceptors (Lipinski definition) is 1. The molecule has 1 saturated carbocycles. The first kappa shape index (κ1) is 14.6. The molecule has 21 heavy (non-hydrogen) atoms. The van der Waals surface area contributed by atoms with E-state index in [4.69, 9.17) is 0 Å². The molecule has 3 rings (SSSR count). The zero-order chi connectivity index (χ0) is 14.9. The first-order chi connectivity index (χ1) is 10.1. The van der Waals surface area contributed by atoms with Crippen LogP contribution in [0.4, 0.5) is 0 Å². The van der Waals surface area contributed by atoms with Crippen LogP contribution in [0.25, 0.3) is 11.1 Å². The van der Waals surface area contributed by atoms with Crippen LogP contribution in [0.15, 0.2) is 46.9 Å². The van der Waals surface area contributed by atoms with Crippen molar-refractivity contribution in [1.29, 1.82) is 0 Å². The topological polar surface area (TPSA) is 20.2 Å². The number of rotatable bonds is 2. The highest BCUT2D eigenvalue weighted by molar-refractivity contribution is 9.10. The lowest BCUT2D eigenvalue weighted by atomic mass is 9.70. The Bertz CT molecular complexity index is 625. The van der Waals surface area contributed by atoms with Crippen molar-refractivity contribution in [2.45, 2.75) is 44.4 Å². The van der Waals surface area contributed by atoms with E-state index in [1.165, 1.54) is 43.2 Å². The molecule has 0 saturated heterocycles. The van der Waals surface area contributed by atoms with Crippen LogP contribution in [0.3, 0.4) is 0 Å². The first-order valence-corrected chi connectivity index (χ1v) is 8.47. The predicted octanol–water partition coefficient (Wildman–Crippen LogP) is 6.04. The van der Waals surface area contributed by atoms with E-state index in [1.807, 2.05) is 12.1 Å². The fourth-order valence-corrected chi connectivity index (χ4v) is 3.71. The summed E-state index contributed by atoms with van der Waals surface area (Å²) in [5, 5.41) is 10.3. The highest BCUT2D eigenvalue weighted by Gasteiger charge is 2.31. The van der Waals surface area contributed by atoms with Gasteiger partial charge in [0.2, 0.25) is 0 Å². The Morgan fingerprint density at radius 1 is 0.905 bits per heavy atom. The van der Waals surface area contributed by atoms with Gasteiger partial charge in [-0.1, -0.05) is 60.3 Å². The summed E-state index contributed by atoms with van der Waals surface area (Å²) in [6.45, 7) is 2.30. The van der Waals surface area contributed by atoms with Gasteiger partial charge in [0.05, 0.1) is 0 Å². The summed E-state index contributed by atoms with van der Waals surface area (Å²) in [5.74, 6) is 0.445. The Morgan fingerprint density at radius 2 is 1.52 bits per heavy atom. The molecule has 2 aromatic rings. The highest BCUT2D eigenvalue weighted by atomic mass is 79.9. The van der Waals surface area contributed by atoms with E-state index < -0.39 is 0 Å². The Hall–Kier alpha value is -1.28. The van der Waals surface area contributed by atoms with Crippen LogP contribution in [-0.4, -0.2) is 5.11 Å². The molecule has 0 bridgehead atoms. The van der Waals surface area contributed by atoms with Gasteiger partial charge in [-0.05, 0) is 53.6 Å². The van der Waals surface area contributed by atoms with Crippen LogP contribution in [0.2, 0.25) is 0 Å². The molecule has 0 aromatic heterocycles. The highest BCUT2D eigenvalue weighted by Crippen LogP contribution is 2.43. The van der Waals surface area contributed by atoms with Crippen molar-refractivity contribution in [3.8, 4) is 16.9 Å². The van der Waals surface area contributed by atoms with Gasteiger partial charge in [0, 0.05) is 10.0 Å². The molecule has 1 nitrogen and oxygen atoms in total. The van der Waals surface area contributed by atoms with E-state index in [2.05, 4.69) is 53.2 Å². The molecule has 0 amide bonds. The molecular weight excluding hydrogens is 324 g/mol. The lowest BCUT2D eigenvalue weighted by Gasteiger charge is -2.34. The van der Waals surface area contributed by atoms with E-state index in [9.17, 15) is 5.11 Å². The van der Waals surface area contributed by atoms with Crippen LogP contribution in [-0.2, 0) is 5.41 Å². The van der Waals surface area contributed by atoms with E-state index in [-0.39, 0.29) is 5.41 Å². The third-order valence-corrected chi connectivity index (χ3v) is 5.31. The van der Waals surface area contributed by atoms with Gasteiger partial charge in [0.1, 0.15) is 5.75 Å². The average Bonchev–Trinajstić information content (AvgIpc) is 2.49. The number of benzene rings is 2. The number of phenols is 1. The van der Waals surface area contributed by atoms with Crippen LogP contribution in [0, 0.1) is 0 Å². The van der Waals surface area contributed by atoms with Gasteiger partial charge >= 0.3 is 0 Å². The van der Waals surface area contributed by atoms with Crippen molar-refractivity contribution < 1.29 is 5.11 Å². The third kappa shape index (κ3) is 3.01. The molecule has 110 valence electrons. The third-order valence-electron chi connectivity index (χ3n) is 4.78.